The predicted octanol–water partition coefficient (Wildman–Crippen LogP) is 4.32. The zero-order chi connectivity index (χ0) is 12.3. The number of nitrogens with one attached hydrogen (secondary N) is 1. The Bertz CT molecular complexity index is 374. The van der Waals surface area contributed by atoms with Gasteiger partial charge in [0.2, 0.25) is 0 Å². The number of hydrogen-bond acceptors (Lipinski definition) is 1. The predicted molar refractivity (Wildman–Crippen MR) is 69.8 cm³/mol. The average Bonchev–Trinajstić information content (AvgIpc) is 2.37. The van der Waals surface area contributed by atoms with Gasteiger partial charge in [-0.15, -0.1) is 0 Å². The zero-order valence-electron chi connectivity index (χ0n) is 10.2. The normalized spacial score (nSPS) is 19.2. The van der Waals surface area contributed by atoms with E-state index in [2.05, 4.69) is 5.32 Å². The highest BCUT2D eigenvalue weighted by Crippen LogP contribution is 2.37. The van der Waals surface area contributed by atoms with Gasteiger partial charge in [-0.1, -0.05) is 43.0 Å². The van der Waals surface area contributed by atoms with E-state index in [1.54, 1.807) is 6.07 Å². The van der Waals surface area contributed by atoms with Crippen LogP contribution in [0.5, 0.6) is 0 Å². The highest BCUT2D eigenvalue weighted by Gasteiger charge is 2.25. The fraction of sp³-hybridized carbons (Fsp3) is 0.571. The second-order valence-corrected chi connectivity index (χ2v) is 5.19. The lowest BCUT2D eigenvalue weighted by Gasteiger charge is -2.31. The number of rotatable bonds is 3. The molecule has 2 rings (SSSR count). The van der Waals surface area contributed by atoms with Crippen molar-refractivity contribution in [2.45, 2.75) is 38.1 Å². The molecule has 3 heteroatoms. The van der Waals surface area contributed by atoms with Crippen molar-refractivity contribution >= 4 is 11.6 Å². The van der Waals surface area contributed by atoms with Crippen molar-refractivity contribution in [3.8, 4) is 0 Å². The molecule has 0 heterocycles. The molecule has 94 valence electrons. The first-order valence-electron chi connectivity index (χ1n) is 6.35. The smallest absolute Gasteiger partial charge is 0.142 e. The molecule has 0 bridgehead atoms. The third-order valence-corrected chi connectivity index (χ3v) is 4.15. The van der Waals surface area contributed by atoms with E-state index in [1.807, 2.05) is 13.1 Å². The summed E-state index contributed by atoms with van der Waals surface area (Å²) in [5.41, 5.74) is 0.904. The maximum absolute atomic E-state index is 13.5. The Morgan fingerprint density at radius 3 is 2.65 bits per heavy atom. The SMILES string of the molecule is CNC(c1cccc(F)c1Cl)C1CCCCC1. The van der Waals surface area contributed by atoms with Crippen LogP contribution < -0.4 is 5.32 Å². The summed E-state index contributed by atoms with van der Waals surface area (Å²) in [4.78, 5) is 0. The van der Waals surface area contributed by atoms with Crippen LogP contribution in [0, 0.1) is 11.7 Å². The van der Waals surface area contributed by atoms with Gasteiger partial charge in [-0.2, -0.15) is 0 Å². The van der Waals surface area contributed by atoms with Gasteiger partial charge in [0.25, 0.3) is 0 Å². The summed E-state index contributed by atoms with van der Waals surface area (Å²) in [6.45, 7) is 0. The Kier molecular flexibility index (Phi) is 4.41. The Morgan fingerprint density at radius 1 is 1.29 bits per heavy atom. The molecule has 0 saturated heterocycles. The molecule has 1 aliphatic carbocycles. The minimum Gasteiger partial charge on any atom is -0.313 e. The molecule has 1 nitrogen and oxygen atoms in total. The second-order valence-electron chi connectivity index (χ2n) is 4.81. The van der Waals surface area contributed by atoms with E-state index < -0.39 is 0 Å². The lowest BCUT2D eigenvalue weighted by Crippen LogP contribution is -2.27. The average molecular weight is 256 g/mol. The third kappa shape index (κ3) is 2.80. The maximum atomic E-state index is 13.5. The number of halogens is 2. The van der Waals surface area contributed by atoms with Crippen LogP contribution in [-0.4, -0.2) is 7.05 Å². The molecular weight excluding hydrogens is 237 g/mol. The van der Waals surface area contributed by atoms with Crippen LogP contribution in [0.15, 0.2) is 18.2 Å². The van der Waals surface area contributed by atoms with Crippen molar-refractivity contribution < 1.29 is 4.39 Å². The highest BCUT2D eigenvalue weighted by atomic mass is 35.5. The van der Waals surface area contributed by atoms with E-state index >= 15 is 0 Å². The van der Waals surface area contributed by atoms with Gasteiger partial charge in [0.1, 0.15) is 5.82 Å². The molecule has 0 radical (unpaired) electrons. The third-order valence-electron chi connectivity index (χ3n) is 3.75. The summed E-state index contributed by atoms with van der Waals surface area (Å²) in [5.74, 6) is 0.258. The molecule has 0 spiro atoms. The number of benzene rings is 1. The zero-order valence-corrected chi connectivity index (χ0v) is 10.9. The van der Waals surface area contributed by atoms with Crippen molar-refractivity contribution in [1.29, 1.82) is 0 Å². The van der Waals surface area contributed by atoms with Crippen molar-refractivity contribution in [3.05, 3.63) is 34.6 Å². The molecule has 1 saturated carbocycles. The van der Waals surface area contributed by atoms with Crippen LogP contribution in [0.1, 0.15) is 43.7 Å². The first-order valence-corrected chi connectivity index (χ1v) is 6.73. The van der Waals surface area contributed by atoms with Crippen LogP contribution in [0.3, 0.4) is 0 Å². The molecule has 0 aliphatic heterocycles. The fourth-order valence-electron chi connectivity index (χ4n) is 2.87. The molecular formula is C14H19ClFN. The fourth-order valence-corrected chi connectivity index (χ4v) is 3.12. The Morgan fingerprint density at radius 2 is 2.00 bits per heavy atom. The first-order chi connectivity index (χ1) is 8.24. The van der Waals surface area contributed by atoms with Crippen molar-refractivity contribution in [1.82, 2.24) is 5.32 Å². The van der Waals surface area contributed by atoms with Gasteiger partial charge in [-0.25, -0.2) is 4.39 Å². The van der Waals surface area contributed by atoms with Gasteiger partial charge >= 0.3 is 0 Å². The second kappa shape index (κ2) is 5.83. The first kappa shape index (κ1) is 12.8. The summed E-state index contributed by atoms with van der Waals surface area (Å²) < 4.78 is 13.5. The molecule has 1 aromatic carbocycles. The van der Waals surface area contributed by atoms with Gasteiger partial charge < -0.3 is 5.32 Å². The minimum atomic E-state index is -0.319. The lowest BCUT2D eigenvalue weighted by molar-refractivity contribution is 0.281. The standard InChI is InChI=1S/C14H19ClFN/c1-17-14(10-6-3-2-4-7-10)11-8-5-9-12(16)13(11)15/h5,8-10,14,17H,2-4,6-7H2,1H3. The van der Waals surface area contributed by atoms with Gasteiger partial charge in [0.15, 0.2) is 0 Å². The van der Waals surface area contributed by atoms with E-state index in [1.165, 1.54) is 38.2 Å². The number of hydrogen-bond donors (Lipinski definition) is 1. The molecule has 1 N–H and O–H groups in total. The molecule has 17 heavy (non-hydrogen) atoms. The largest absolute Gasteiger partial charge is 0.313 e. The van der Waals surface area contributed by atoms with Crippen molar-refractivity contribution in [2.24, 2.45) is 5.92 Å². The lowest BCUT2D eigenvalue weighted by atomic mass is 9.81. The topological polar surface area (TPSA) is 12.0 Å². The Labute approximate surface area is 107 Å². The van der Waals surface area contributed by atoms with E-state index in [4.69, 9.17) is 11.6 Å². The van der Waals surface area contributed by atoms with E-state index in [-0.39, 0.29) is 16.9 Å². The maximum Gasteiger partial charge on any atom is 0.142 e. The quantitative estimate of drug-likeness (QED) is 0.848. The minimum absolute atomic E-state index is 0.179. The van der Waals surface area contributed by atoms with E-state index in [0.717, 1.165) is 5.56 Å². The van der Waals surface area contributed by atoms with Crippen molar-refractivity contribution in [3.63, 3.8) is 0 Å². The summed E-state index contributed by atoms with van der Waals surface area (Å²) in [6.07, 6.45) is 6.28. The summed E-state index contributed by atoms with van der Waals surface area (Å²) in [6, 6.07) is 5.27. The van der Waals surface area contributed by atoms with Gasteiger partial charge in [0.05, 0.1) is 5.02 Å². The van der Waals surface area contributed by atoms with Crippen LogP contribution in [0.2, 0.25) is 5.02 Å². The van der Waals surface area contributed by atoms with Crippen LogP contribution in [-0.2, 0) is 0 Å². The molecule has 1 aliphatic rings. The Balaban J connectivity index is 2.24. The highest BCUT2D eigenvalue weighted by molar-refractivity contribution is 6.31. The summed E-state index contributed by atoms with van der Waals surface area (Å²) >= 11 is 6.07. The molecule has 1 fully saturated rings. The van der Waals surface area contributed by atoms with Gasteiger partial charge in [-0.3, -0.25) is 0 Å². The molecule has 1 atom stereocenters. The molecule has 1 unspecified atom stereocenters. The molecule has 1 aromatic rings. The summed E-state index contributed by atoms with van der Waals surface area (Å²) in [5, 5.41) is 3.58. The van der Waals surface area contributed by atoms with Gasteiger partial charge in [0, 0.05) is 6.04 Å². The summed E-state index contributed by atoms with van der Waals surface area (Å²) in [7, 11) is 1.93. The molecule has 0 amide bonds. The molecule has 0 aromatic heterocycles. The Hall–Kier alpha value is -0.600. The van der Waals surface area contributed by atoms with Crippen molar-refractivity contribution in [2.75, 3.05) is 7.05 Å². The van der Waals surface area contributed by atoms with Crippen LogP contribution in [0.4, 0.5) is 4.39 Å². The van der Waals surface area contributed by atoms with Gasteiger partial charge in [-0.05, 0) is 37.4 Å². The van der Waals surface area contributed by atoms with E-state index in [0.29, 0.717) is 5.92 Å². The van der Waals surface area contributed by atoms with E-state index in [9.17, 15) is 4.39 Å². The van der Waals surface area contributed by atoms with Crippen LogP contribution >= 0.6 is 11.6 Å². The monoisotopic (exact) mass is 255 g/mol. The van der Waals surface area contributed by atoms with Crippen LogP contribution in [0.25, 0.3) is 0 Å².